The van der Waals surface area contributed by atoms with Crippen LogP contribution in [-0.4, -0.2) is 52.9 Å². The Morgan fingerprint density at radius 3 is 2.32 bits per heavy atom. The summed E-state index contributed by atoms with van der Waals surface area (Å²) in [6.45, 7) is 1.28. The molecule has 12 heteroatoms. The van der Waals surface area contributed by atoms with Gasteiger partial charge in [0.15, 0.2) is 12.4 Å². The smallest absolute Gasteiger partial charge is 0.362 e. The highest BCUT2D eigenvalue weighted by Gasteiger charge is 2.21. The first-order chi connectivity index (χ1) is 16.3. The maximum Gasteiger partial charge on any atom is 0.362 e. The zero-order chi connectivity index (χ0) is 24.7. The summed E-state index contributed by atoms with van der Waals surface area (Å²) >= 11 is 0. The molecule has 0 atom stereocenters. The lowest BCUT2D eigenvalue weighted by Crippen LogP contribution is -2.21. The standard InChI is InChI=1S/C22H20N4O8/c1-3-33-22(29)20-18(12-25(24-20)16-8-10-17(11-9-16)26(30)31)34-13-19(27)23-15-6-4-14(5-7-15)21(28)32-2/h4-12H,3,13H2,1-2H3,(H,23,27). The quantitative estimate of drug-likeness (QED) is 0.284. The van der Waals surface area contributed by atoms with Crippen molar-refractivity contribution in [3.63, 3.8) is 0 Å². The summed E-state index contributed by atoms with van der Waals surface area (Å²) in [5.74, 6) is -1.79. The van der Waals surface area contributed by atoms with E-state index in [4.69, 9.17) is 9.47 Å². The minimum absolute atomic E-state index is 0.00649. The van der Waals surface area contributed by atoms with Gasteiger partial charge in [-0.05, 0) is 43.3 Å². The molecular formula is C22H20N4O8. The maximum atomic E-state index is 12.3. The topological polar surface area (TPSA) is 152 Å². The van der Waals surface area contributed by atoms with Crippen LogP contribution in [0, 0.1) is 10.1 Å². The number of hydrogen-bond donors (Lipinski definition) is 1. The summed E-state index contributed by atoms with van der Waals surface area (Å²) in [4.78, 5) is 46.4. The fraction of sp³-hybridized carbons (Fsp3) is 0.182. The molecule has 3 rings (SSSR count). The van der Waals surface area contributed by atoms with Crippen molar-refractivity contribution in [1.82, 2.24) is 9.78 Å². The Balaban J connectivity index is 1.73. The number of ether oxygens (including phenoxy) is 3. The number of nitrogens with zero attached hydrogens (tertiary/aromatic N) is 3. The van der Waals surface area contributed by atoms with Gasteiger partial charge in [-0.1, -0.05) is 0 Å². The molecule has 0 spiro atoms. The van der Waals surface area contributed by atoms with Crippen LogP contribution in [0.1, 0.15) is 27.8 Å². The number of carbonyl (C=O) groups excluding carboxylic acids is 3. The highest BCUT2D eigenvalue weighted by Crippen LogP contribution is 2.22. The zero-order valence-corrected chi connectivity index (χ0v) is 18.2. The molecule has 2 aromatic carbocycles. The molecule has 0 saturated heterocycles. The van der Waals surface area contributed by atoms with Crippen LogP contribution in [0.15, 0.2) is 54.7 Å². The van der Waals surface area contributed by atoms with E-state index in [1.54, 1.807) is 6.92 Å². The van der Waals surface area contributed by atoms with Crippen molar-refractivity contribution in [1.29, 1.82) is 0 Å². The van der Waals surface area contributed by atoms with Gasteiger partial charge in [-0.2, -0.15) is 5.10 Å². The molecule has 176 valence electrons. The lowest BCUT2D eigenvalue weighted by Gasteiger charge is -2.08. The highest BCUT2D eigenvalue weighted by atomic mass is 16.6. The fourth-order valence-electron chi connectivity index (χ4n) is 2.81. The highest BCUT2D eigenvalue weighted by molar-refractivity contribution is 5.94. The van der Waals surface area contributed by atoms with Crippen LogP contribution in [0.5, 0.6) is 5.75 Å². The Hall–Kier alpha value is -4.74. The summed E-state index contributed by atoms with van der Waals surface area (Å²) in [6.07, 6.45) is 1.37. The minimum atomic E-state index is -0.753. The summed E-state index contributed by atoms with van der Waals surface area (Å²) < 4.78 is 16.4. The van der Waals surface area contributed by atoms with E-state index >= 15 is 0 Å². The van der Waals surface area contributed by atoms with Crippen LogP contribution in [0.2, 0.25) is 0 Å². The normalized spacial score (nSPS) is 10.3. The Bertz CT molecular complexity index is 1200. The van der Waals surface area contributed by atoms with Gasteiger partial charge >= 0.3 is 11.9 Å². The number of hydrogen-bond acceptors (Lipinski definition) is 9. The number of nitro groups is 1. The largest absolute Gasteiger partial charge is 0.480 e. The Labute approximate surface area is 193 Å². The number of amides is 1. The third-order valence-corrected chi connectivity index (χ3v) is 4.42. The third-order valence-electron chi connectivity index (χ3n) is 4.42. The van der Waals surface area contributed by atoms with Crippen LogP contribution in [0.3, 0.4) is 0 Å². The van der Waals surface area contributed by atoms with E-state index in [2.05, 4.69) is 15.2 Å². The molecule has 1 heterocycles. The molecule has 34 heavy (non-hydrogen) atoms. The summed E-state index contributed by atoms with van der Waals surface area (Å²) in [6, 6.07) is 11.5. The maximum absolute atomic E-state index is 12.3. The molecule has 3 aromatic rings. The number of benzene rings is 2. The van der Waals surface area contributed by atoms with E-state index in [0.717, 1.165) is 0 Å². The van der Waals surface area contributed by atoms with Gasteiger partial charge in [0.2, 0.25) is 5.69 Å². The van der Waals surface area contributed by atoms with Gasteiger partial charge < -0.3 is 19.5 Å². The first-order valence-electron chi connectivity index (χ1n) is 9.95. The number of nitro benzene ring substituents is 1. The van der Waals surface area contributed by atoms with Crippen molar-refractivity contribution < 1.29 is 33.5 Å². The fourth-order valence-corrected chi connectivity index (χ4v) is 2.81. The predicted octanol–water partition coefficient (Wildman–Crippen LogP) is 2.76. The zero-order valence-electron chi connectivity index (χ0n) is 18.2. The number of anilines is 1. The SMILES string of the molecule is CCOC(=O)c1nn(-c2ccc([N+](=O)[O-])cc2)cc1OCC(=O)Nc1ccc(C(=O)OC)cc1. The number of carbonyl (C=O) groups is 3. The van der Waals surface area contributed by atoms with Crippen molar-refractivity contribution in [2.75, 3.05) is 25.6 Å². The van der Waals surface area contributed by atoms with Crippen molar-refractivity contribution in [2.24, 2.45) is 0 Å². The lowest BCUT2D eigenvalue weighted by molar-refractivity contribution is -0.384. The van der Waals surface area contributed by atoms with Crippen molar-refractivity contribution in [3.8, 4) is 11.4 Å². The first-order valence-corrected chi connectivity index (χ1v) is 9.95. The lowest BCUT2D eigenvalue weighted by atomic mass is 10.2. The van der Waals surface area contributed by atoms with Gasteiger partial charge in [-0.15, -0.1) is 0 Å². The summed E-state index contributed by atoms with van der Waals surface area (Å²) in [5, 5.41) is 17.6. The molecule has 0 aliphatic rings. The monoisotopic (exact) mass is 468 g/mol. The van der Waals surface area contributed by atoms with E-state index < -0.39 is 29.4 Å². The Morgan fingerprint density at radius 2 is 1.74 bits per heavy atom. The van der Waals surface area contributed by atoms with Crippen LogP contribution >= 0.6 is 0 Å². The van der Waals surface area contributed by atoms with Gasteiger partial charge in [-0.25, -0.2) is 14.3 Å². The molecule has 1 N–H and O–H groups in total. The molecule has 12 nitrogen and oxygen atoms in total. The Morgan fingerprint density at radius 1 is 1.06 bits per heavy atom. The molecule has 1 amide bonds. The van der Waals surface area contributed by atoms with Crippen LogP contribution < -0.4 is 10.1 Å². The average Bonchev–Trinajstić information content (AvgIpc) is 3.27. The number of aromatic nitrogens is 2. The van der Waals surface area contributed by atoms with Gasteiger partial charge in [0.25, 0.3) is 11.6 Å². The van der Waals surface area contributed by atoms with Gasteiger partial charge in [0.05, 0.1) is 36.1 Å². The Kier molecular flexibility index (Phi) is 7.54. The first kappa shape index (κ1) is 23.9. The molecule has 0 aliphatic carbocycles. The molecular weight excluding hydrogens is 448 g/mol. The van der Waals surface area contributed by atoms with Crippen LogP contribution in [0.25, 0.3) is 5.69 Å². The summed E-state index contributed by atoms with van der Waals surface area (Å²) in [5.41, 5.74) is 0.925. The molecule has 0 fully saturated rings. The third kappa shape index (κ3) is 5.73. The van der Waals surface area contributed by atoms with E-state index in [1.165, 1.54) is 66.5 Å². The predicted molar refractivity (Wildman–Crippen MR) is 118 cm³/mol. The van der Waals surface area contributed by atoms with Crippen molar-refractivity contribution in [3.05, 3.63) is 76.1 Å². The van der Waals surface area contributed by atoms with E-state index in [-0.39, 0.29) is 23.7 Å². The molecule has 0 saturated carbocycles. The number of esters is 2. The van der Waals surface area contributed by atoms with Crippen molar-refractivity contribution >= 4 is 29.2 Å². The van der Waals surface area contributed by atoms with E-state index in [0.29, 0.717) is 16.9 Å². The number of methoxy groups -OCH3 is 1. The summed E-state index contributed by atoms with van der Waals surface area (Å²) in [7, 11) is 1.27. The van der Waals surface area contributed by atoms with Crippen LogP contribution in [-0.2, 0) is 14.3 Å². The number of non-ortho nitro benzene ring substituents is 1. The minimum Gasteiger partial charge on any atom is -0.480 e. The second kappa shape index (κ2) is 10.7. The number of nitrogens with one attached hydrogen (secondary N) is 1. The van der Waals surface area contributed by atoms with E-state index in [1.807, 2.05) is 0 Å². The molecule has 0 unspecified atom stereocenters. The van der Waals surface area contributed by atoms with Gasteiger partial charge in [0, 0.05) is 17.8 Å². The average molecular weight is 468 g/mol. The van der Waals surface area contributed by atoms with Crippen LogP contribution in [0.4, 0.5) is 11.4 Å². The van der Waals surface area contributed by atoms with E-state index in [9.17, 15) is 24.5 Å². The second-order valence-electron chi connectivity index (χ2n) is 6.69. The second-order valence-corrected chi connectivity index (χ2v) is 6.69. The molecule has 0 aliphatic heterocycles. The number of rotatable bonds is 9. The van der Waals surface area contributed by atoms with Crippen molar-refractivity contribution in [2.45, 2.75) is 6.92 Å². The van der Waals surface area contributed by atoms with Gasteiger partial charge in [0.1, 0.15) is 0 Å². The molecule has 0 radical (unpaired) electrons. The van der Waals surface area contributed by atoms with Gasteiger partial charge in [-0.3, -0.25) is 14.9 Å². The molecule has 0 bridgehead atoms. The molecule has 1 aromatic heterocycles.